The van der Waals surface area contributed by atoms with E-state index in [1.54, 1.807) is 0 Å². The third kappa shape index (κ3) is 13.9. The monoisotopic (exact) mass is 1710 g/mol. The van der Waals surface area contributed by atoms with Gasteiger partial charge in [0.1, 0.15) is 25.4 Å². The Balaban J connectivity index is 1.08. The van der Waals surface area contributed by atoms with Crippen LogP contribution in [0.1, 0.15) is 110 Å². The van der Waals surface area contributed by atoms with Crippen molar-refractivity contribution >= 4 is 53.7 Å². The fourth-order valence-electron chi connectivity index (χ4n) is 13.6. The van der Waals surface area contributed by atoms with Gasteiger partial charge in [0.05, 0.1) is 56.0 Å². The molecule has 0 aliphatic carbocycles. The van der Waals surface area contributed by atoms with Crippen molar-refractivity contribution in [2.45, 2.75) is 61.0 Å². The average Bonchev–Trinajstić information content (AvgIpc) is 0.717. The highest BCUT2D eigenvalue weighted by Gasteiger charge is 2.59. The fraction of sp³-hybridized carbons (Fsp3) is 0.160. The summed E-state index contributed by atoms with van der Waals surface area (Å²) in [4.78, 5) is 135. The third-order valence-electron chi connectivity index (χ3n) is 19.3. The van der Waals surface area contributed by atoms with Gasteiger partial charge >= 0.3 is 53.7 Å². The van der Waals surface area contributed by atoms with Crippen LogP contribution in [0.5, 0.6) is 155 Å². The summed E-state index contributed by atoms with van der Waals surface area (Å²) in [5, 5.41) is 311. The summed E-state index contributed by atoms with van der Waals surface area (Å²) in [5.41, 5.74) is -20.7. The molecule has 0 amide bonds. The van der Waals surface area contributed by atoms with Crippen molar-refractivity contribution < 1.29 is 234 Å². The van der Waals surface area contributed by atoms with E-state index in [2.05, 4.69) is 0 Å². The van der Waals surface area contributed by atoms with Gasteiger partial charge in [-0.05, 0) is 72.8 Å². The quantitative estimate of drug-likeness (QED) is 0.0448. The lowest BCUT2D eigenvalue weighted by Gasteiger charge is -2.44. The summed E-state index contributed by atoms with van der Waals surface area (Å²) in [6.07, 6.45) is -28.1. The molecule has 1 unspecified atom stereocenters. The van der Waals surface area contributed by atoms with Crippen LogP contribution < -0.4 is 0 Å². The van der Waals surface area contributed by atoms with Crippen molar-refractivity contribution in [1.82, 2.24) is 0 Å². The molecule has 0 saturated carbocycles. The summed E-state index contributed by atoms with van der Waals surface area (Å²) in [5.74, 6) is -63.6. The van der Waals surface area contributed by atoms with Crippen molar-refractivity contribution in [1.29, 1.82) is 0 Å². The van der Waals surface area contributed by atoms with Gasteiger partial charge in [0.25, 0.3) is 0 Å². The van der Waals surface area contributed by atoms with Crippen LogP contribution in [0.25, 0.3) is 22.3 Å². The Hall–Kier alpha value is -17.3. The largest absolute Gasteiger partial charge is 0.504 e. The number of hydrogen-bond donors (Lipinski definition) is 28. The smallest absolute Gasteiger partial charge is 0.340 e. The van der Waals surface area contributed by atoms with Crippen LogP contribution in [0.3, 0.4) is 0 Å². The molecule has 1 fully saturated rings. The molecule has 4 aliphatic heterocycles. The number of fused-ring (bicyclic) bond motifs is 7. The second kappa shape index (κ2) is 30.4. The number of carbonyl (C=O) groups is 9. The lowest BCUT2D eigenvalue weighted by atomic mass is 9.73. The molecule has 0 aromatic heterocycles. The minimum absolute atomic E-state index is 0.00338. The first-order valence-corrected chi connectivity index (χ1v) is 33.9. The molecule has 122 heavy (non-hydrogen) atoms. The van der Waals surface area contributed by atoms with Gasteiger partial charge in [0, 0.05) is 33.4 Å². The van der Waals surface area contributed by atoms with Crippen LogP contribution in [0.4, 0.5) is 0 Å². The highest BCUT2D eigenvalue weighted by atomic mass is 16.8. The number of phenolic OH excluding ortho intramolecular Hbond substituents is 27. The van der Waals surface area contributed by atoms with E-state index in [9.17, 15) is 167 Å². The van der Waals surface area contributed by atoms with E-state index in [-0.39, 0.29) is 18.2 Å². The van der Waals surface area contributed by atoms with Crippen LogP contribution in [-0.4, -0.2) is 265 Å². The second-order valence-electron chi connectivity index (χ2n) is 26.7. The molecule has 47 nitrogen and oxygen atoms in total. The predicted molar refractivity (Wildman–Crippen MR) is 379 cm³/mol. The van der Waals surface area contributed by atoms with E-state index in [0.29, 0.717) is 54.6 Å². The maximum Gasteiger partial charge on any atom is 0.340 e. The molecule has 4 aliphatic rings. The minimum atomic E-state index is -3.33. The average molecular weight is 1710 g/mol. The molecule has 10 atom stereocenters. The molecule has 9 aromatic carbocycles. The molecule has 9 aromatic rings. The van der Waals surface area contributed by atoms with Crippen molar-refractivity contribution in [2.24, 2.45) is 0 Å². The van der Waals surface area contributed by atoms with E-state index in [1.165, 1.54) is 0 Å². The third-order valence-corrected chi connectivity index (χ3v) is 19.3. The lowest BCUT2D eigenvalue weighted by molar-refractivity contribution is -0.282. The number of rotatable bonds is 13. The highest BCUT2D eigenvalue weighted by Crippen LogP contribution is 2.62. The molecule has 4 heterocycles. The molecule has 0 radical (unpaired) electrons. The molecule has 47 heteroatoms. The second-order valence-corrected chi connectivity index (χ2v) is 26.7. The summed E-state index contributed by atoms with van der Waals surface area (Å²) < 4.78 is 57.3. The normalized spacial score (nSPS) is 19.7. The molecule has 0 spiro atoms. The van der Waals surface area contributed by atoms with E-state index < -0.39 is 367 Å². The summed E-state index contributed by atoms with van der Waals surface area (Å²) in [6.45, 7) is -3.42. The highest BCUT2D eigenvalue weighted by molar-refractivity contribution is 6.12. The van der Waals surface area contributed by atoms with Crippen LogP contribution >= 0.6 is 0 Å². The standard InChI is InChI=1S/C75H54O47/c76-23-1-15(2-24(77)45(23)89)66(104)114-14-36-61(117-67(105)16-3-25(78)46(90)26(79)4-16)64(65(121-68(106)17-5-27(80)47(91)28(81)6-17)75(115-36)122-69(107)18-7-29(82)48(92)30(83)8-18)120-73(111)22-12-34(87)52(96)56(100)40(22)43-42-44-41(57(101)59(103)58(42)102)39-21(11-33(86)51(95)55(39)99)72(110)119-63(62(43)118-74(44)112)60-35(88)13-113-70(108)19-9-31(84)49(93)53(97)37(19)38-20(71(109)116-60)10-32(85)50(94)54(38)98/h1-12,35-36,43,60-65,75-103H,13-14H2/t35-,36-,43+,60-,61-,62+,63?,64+,65-,75+/m1/s1. The number of benzene rings is 9. The van der Waals surface area contributed by atoms with Gasteiger partial charge in [0.15, 0.2) is 157 Å². The zero-order valence-corrected chi connectivity index (χ0v) is 59.9. The van der Waals surface area contributed by atoms with Gasteiger partial charge in [-0.2, -0.15) is 0 Å². The van der Waals surface area contributed by atoms with Gasteiger partial charge in [-0.15, -0.1) is 0 Å². The number of aliphatic hydroxyl groups excluding tert-OH is 1. The van der Waals surface area contributed by atoms with Crippen LogP contribution in [0.2, 0.25) is 0 Å². The first-order valence-electron chi connectivity index (χ1n) is 33.9. The molecule has 1 saturated heterocycles. The Kier molecular flexibility index (Phi) is 20.6. The van der Waals surface area contributed by atoms with Crippen LogP contribution in [-0.2, 0) is 47.4 Å². The topological polar surface area (TPSA) is 812 Å². The van der Waals surface area contributed by atoms with E-state index in [0.717, 1.165) is 0 Å². The Labute approximate surface area is 670 Å². The fourth-order valence-corrected chi connectivity index (χ4v) is 13.6. The SMILES string of the molecule is O=C(OC[C@H]1O[C@@H](OC(=O)c2cc(O)c(O)c(O)c2)[C@H](OC(=O)c2cc(O)c(O)c(O)c2)[C@@H](OC(=O)c2cc(O)c(O)c(O)c2[C@H]2c3c(O)c(O)c(O)c4c3C(=O)O[C@@H]2C([C@@H]2OC(=O)c3cc(O)c(O)c(O)c3-c3c(cc(O)c(O)c3O)C(=O)OC[C@H]2O)OC(=O)c2cc(O)c(O)c(O)c2-4)[C@@H]1OC(=O)c1cc(O)c(O)c(O)c1)c1cc(O)c(O)c(O)c1. The molecular weight excluding hydrogens is 1650 g/mol. The zero-order chi connectivity index (χ0) is 89.2. The Morgan fingerprint density at radius 1 is 0.303 bits per heavy atom. The molecule has 2 bridgehead atoms. The zero-order valence-electron chi connectivity index (χ0n) is 59.9. The Bertz CT molecular complexity index is 5990. The van der Waals surface area contributed by atoms with Crippen LogP contribution in [0.15, 0.2) is 72.8 Å². The van der Waals surface area contributed by atoms with Crippen molar-refractivity contribution in [3.63, 3.8) is 0 Å². The number of carbonyl (C=O) groups excluding carboxylic acids is 9. The Morgan fingerprint density at radius 2 is 0.639 bits per heavy atom. The summed E-state index contributed by atoms with van der Waals surface area (Å²) in [6, 6.07) is 3.68. The number of ether oxygens (including phenoxy) is 10. The lowest BCUT2D eigenvalue weighted by Crippen LogP contribution is -2.63. The van der Waals surface area contributed by atoms with E-state index >= 15 is 19.2 Å². The van der Waals surface area contributed by atoms with Crippen molar-refractivity contribution in [3.05, 3.63) is 134 Å². The molecule has 13 rings (SSSR count). The first-order chi connectivity index (χ1) is 57.3. The summed E-state index contributed by atoms with van der Waals surface area (Å²) in [7, 11) is 0. The summed E-state index contributed by atoms with van der Waals surface area (Å²) >= 11 is 0. The van der Waals surface area contributed by atoms with Crippen molar-refractivity contribution in [2.75, 3.05) is 13.2 Å². The van der Waals surface area contributed by atoms with Gasteiger partial charge in [-0.1, -0.05) is 0 Å². The number of aliphatic hydroxyl groups is 1. The Morgan fingerprint density at radius 3 is 1.08 bits per heavy atom. The molecule has 28 N–H and O–H groups in total. The number of aromatic hydroxyl groups is 27. The van der Waals surface area contributed by atoms with E-state index in [1.807, 2.05) is 0 Å². The maximum absolute atomic E-state index is 16.4. The van der Waals surface area contributed by atoms with E-state index in [4.69, 9.17) is 47.4 Å². The first kappa shape index (κ1) is 82.7. The molecule has 636 valence electrons. The number of esters is 9. The number of phenols is 27. The predicted octanol–water partition coefficient (Wildman–Crippen LogP) is 2.45. The molecular formula is C75H54O47. The maximum atomic E-state index is 16.4. The minimum Gasteiger partial charge on any atom is -0.504 e. The van der Waals surface area contributed by atoms with Gasteiger partial charge < -0.3 is 190 Å². The number of hydrogen-bond acceptors (Lipinski definition) is 47. The van der Waals surface area contributed by atoms with Crippen molar-refractivity contribution in [3.8, 4) is 177 Å². The van der Waals surface area contributed by atoms with Crippen LogP contribution in [0, 0.1) is 0 Å². The van der Waals surface area contributed by atoms with Gasteiger partial charge in [0.2, 0.25) is 41.1 Å². The number of cyclic esters (lactones) is 3. The van der Waals surface area contributed by atoms with Gasteiger partial charge in [-0.25, -0.2) is 43.2 Å². The van der Waals surface area contributed by atoms with Gasteiger partial charge in [-0.3, -0.25) is 0 Å².